The lowest BCUT2D eigenvalue weighted by molar-refractivity contribution is -0.144. The van der Waals surface area contributed by atoms with Crippen LogP contribution in [0.25, 0.3) is 0 Å². The predicted octanol–water partition coefficient (Wildman–Crippen LogP) is 5.76. The minimum Gasteiger partial charge on any atom is -0.504 e. The zero-order valence-corrected chi connectivity index (χ0v) is 20.5. The van der Waals surface area contributed by atoms with Crippen LogP contribution in [0.1, 0.15) is 80.1 Å². The van der Waals surface area contributed by atoms with Gasteiger partial charge >= 0.3 is 5.97 Å². The van der Waals surface area contributed by atoms with Gasteiger partial charge in [-0.1, -0.05) is 43.2 Å². The number of carbonyl (C=O) groups excluding carboxylic acids is 2. The minimum absolute atomic E-state index is 0.127. The molecule has 0 amide bonds. The molecule has 0 spiro atoms. The van der Waals surface area contributed by atoms with E-state index in [4.69, 9.17) is 4.74 Å². The summed E-state index contributed by atoms with van der Waals surface area (Å²) in [6.07, 6.45) is 10.6. The van der Waals surface area contributed by atoms with Crippen LogP contribution in [0.15, 0.2) is 46.3 Å². The van der Waals surface area contributed by atoms with Crippen LogP contribution >= 0.6 is 0 Å². The first-order valence-corrected chi connectivity index (χ1v) is 11.7. The van der Waals surface area contributed by atoms with Gasteiger partial charge < -0.3 is 14.9 Å². The number of ketones is 1. The zero-order valence-electron chi connectivity index (χ0n) is 20.5. The smallest absolute Gasteiger partial charge is 0.303 e. The standard InChI is InChI=1S/C27H40O5/c1-17-8-7-9-18(2)14-15-27(6)22(24(20(4)16-28)25(30)26(27)31)12-11-19(3)23(13-10-17)32-21(5)29/h8,11,14,20,22-23,28,30H,7,9-10,12-13,15-16H2,1-6H3/b17-8+,18-14+,19-11+/t20-,22-,23+,27+/m1/s1. The van der Waals surface area contributed by atoms with Gasteiger partial charge in [0.15, 0.2) is 5.76 Å². The van der Waals surface area contributed by atoms with Crippen molar-refractivity contribution >= 4 is 11.8 Å². The number of esters is 1. The molecule has 0 saturated heterocycles. The van der Waals surface area contributed by atoms with E-state index < -0.39 is 5.41 Å². The number of allylic oxidation sites excluding steroid dienone is 6. The number of aliphatic hydroxyl groups is 2. The van der Waals surface area contributed by atoms with E-state index >= 15 is 0 Å². The summed E-state index contributed by atoms with van der Waals surface area (Å²) in [5.74, 6) is -1.27. The van der Waals surface area contributed by atoms with E-state index in [9.17, 15) is 19.8 Å². The Morgan fingerprint density at radius 1 is 1.19 bits per heavy atom. The van der Waals surface area contributed by atoms with E-state index in [0.29, 0.717) is 24.8 Å². The van der Waals surface area contributed by atoms with Crippen molar-refractivity contribution in [3.63, 3.8) is 0 Å². The van der Waals surface area contributed by atoms with Gasteiger partial charge in [-0.2, -0.15) is 0 Å². The second-order valence-corrected chi connectivity index (χ2v) is 9.85. The van der Waals surface area contributed by atoms with Crippen LogP contribution in [0.4, 0.5) is 0 Å². The number of hydrogen-bond acceptors (Lipinski definition) is 5. The van der Waals surface area contributed by atoms with Crippen molar-refractivity contribution in [3.8, 4) is 0 Å². The maximum Gasteiger partial charge on any atom is 0.303 e. The fourth-order valence-corrected chi connectivity index (χ4v) is 4.88. The van der Waals surface area contributed by atoms with Gasteiger partial charge in [0, 0.05) is 30.8 Å². The molecule has 0 aromatic heterocycles. The van der Waals surface area contributed by atoms with Crippen molar-refractivity contribution in [1.82, 2.24) is 0 Å². The van der Waals surface area contributed by atoms with Gasteiger partial charge in [-0.25, -0.2) is 0 Å². The Kier molecular flexibility index (Phi) is 9.08. The molecular weight excluding hydrogens is 404 g/mol. The molecule has 0 bridgehead atoms. The molecule has 0 aromatic carbocycles. The maximum absolute atomic E-state index is 13.2. The summed E-state index contributed by atoms with van der Waals surface area (Å²) in [7, 11) is 0. The highest BCUT2D eigenvalue weighted by molar-refractivity contribution is 6.02. The van der Waals surface area contributed by atoms with E-state index in [2.05, 4.69) is 26.0 Å². The first-order valence-electron chi connectivity index (χ1n) is 11.7. The number of Topliss-reactive ketones (excluding diaryl/α,β-unsaturated/α-hetero) is 1. The Morgan fingerprint density at radius 3 is 2.47 bits per heavy atom. The van der Waals surface area contributed by atoms with E-state index in [1.807, 2.05) is 26.8 Å². The Balaban J connectivity index is 2.51. The molecule has 2 aliphatic carbocycles. The average Bonchev–Trinajstić information content (AvgIpc) is 2.93. The lowest BCUT2D eigenvalue weighted by atomic mass is 9.70. The van der Waals surface area contributed by atoms with Gasteiger partial charge in [-0.15, -0.1) is 0 Å². The summed E-state index contributed by atoms with van der Waals surface area (Å²) in [6.45, 7) is 11.2. The topological polar surface area (TPSA) is 83.8 Å². The van der Waals surface area contributed by atoms with Crippen molar-refractivity contribution in [3.05, 3.63) is 46.3 Å². The lowest BCUT2D eigenvalue weighted by Gasteiger charge is -2.32. The van der Waals surface area contributed by atoms with Crippen molar-refractivity contribution in [2.45, 2.75) is 86.2 Å². The van der Waals surface area contributed by atoms with Gasteiger partial charge in [0.25, 0.3) is 0 Å². The molecule has 0 saturated carbocycles. The highest BCUT2D eigenvalue weighted by Gasteiger charge is 2.51. The van der Waals surface area contributed by atoms with Crippen molar-refractivity contribution in [2.75, 3.05) is 6.61 Å². The summed E-state index contributed by atoms with van der Waals surface area (Å²) >= 11 is 0. The molecule has 5 nitrogen and oxygen atoms in total. The van der Waals surface area contributed by atoms with Gasteiger partial charge in [0.2, 0.25) is 5.78 Å². The number of ether oxygens (including phenoxy) is 1. The Hall–Kier alpha value is -2.14. The molecule has 178 valence electrons. The normalized spacial score (nSPS) is 34.1. The van der Waals surface area contributed by atoms with E-state index in [1.54, 1.807) is 0 Å². The quantitative estimate of drug-likeness (QED) is 0.427. The Labute approximate surface area is 192 Å². The average molecular weight is 445 g/mol. The Morgan fingerprint density at radius 2 is 1.84 bits per heavy atom. The highest BCUT2D eigenvalue weighted by Crippen LogP contribution is 2.50. The minimum atomic E-state index is -0.774. The van der Waals surface area contributed by atoms with Gasteiger partial charge in [-0.05, 0) is 70.4 Å². The summed E-state index contributed by atoms with van der Waals surface area (Å²) in [5.41, 5.74) is 3.32. The van der Waals surface area contributed by atoms with Crippen LogP contribution in [0.2, 0.25) is 0 Å². The third-order valence-corrected chi connectivity index (χ3v) is 7.16. The van der Waals surface area contributed by atoms with E-state index in [0.717, 1.165) is 24.8 Å². The largest absolute Gasteiger partial charge is 0.504 e. The van der Waals surface area contributed by atoms with Crippen LogP contribution in [-0.2, 0) is 14.3 Å². The SMILES string of the molecule is CC(=O)O[C@H]1CC/C(C)=C/CC/C(C)=C/C[C@]2(C)C(=O)C(O)=C([C@H](C)CO)[C@H]2C/C=C/1C. The van der Waals surface area contributed by atoms with E-state index in [-0.39, 0.29) is 42.1 Å². The molecule has 2 rings (SSSR count). The molecule has 5 heteroatoms. The predicted molar refractivity (Wildman–Crippen MR) is 127 cm³/mol. The van der Waals surface area contributed by atoms with Crippen molar-refractivity contribution in [2.24, 2.45) is 17.3 Å². The summed E-state index contributed by atoms with van der Waals surface area (Å²) < 4.78 is 5.61. The first kappa shape index (κ1) is 26.1. The molecule has 0 radical (unpaired) electrons. The number of aliphatic hydroxyl groups excluding tert-OH is 2. The molecule has 2 aliphatic rings. The Bertz CT molecular complexity index is 844. The van der Waals surface area contributed by atoms with Gasteiger partial charge in [0.1, 0.15) is 6.10 Å². The van der Waals surface area contributed by atoms with Crippen LogP contribution in [-0.4, -0.2) is 34.7 Å². The molecule has 0 fully saturated rings. The third kappa shape index (κ3) is 6.00. The van der Waals surface area contributed by atoms with Gasteiger partial charge in [-0.3, -0.25) is 9.59 Å². The molecule has 0 heterocycles. The summed E-state index contributed by atoms with van der Waals surface area (Å²) in [5, 5.41) is 20.5. The molecule has 0 aromatic rings. The fourth-order valence-electron chi connectivity index (χ4n) is 4.88. The zero-order chi connectivity index (χ0) is 24.1. The highest BCUT2D eigenvalue weighted by atomic mass is 16.5. The van der Waals surface area contributed by atoms with Crippen LogP contribution in [0.5, 0.6) is 0 Å². The molecule has 32 heavy (non-hydrogen) atoms. The first-order chi connectivity index (χ1) is 15.0. The second-order valence-electron chi connectivity index (χ2n) is 9.85. The number of rotatable bonds is 3. The van der Waals surface area contributed by atoms with Crippen LogP contribution in [0.3, 0.4) is 0 Å². The molecule has 4 atom stereocenters. The second kappa shape index (κ2) is 11.1. The number of fused-ring (bicyclic) bond motifs is 1. The summed E-state index contributed by atoms with van der Waals surface area (Å²) in [4.78, 5) is 24.9. The maximum atomic E-state index is 13.2. The molecule has 0 unspecified atom stereocenters. The number of carbonyl (C=O) groups is 2. The summed E-state index contributed by atoms with van der Waals surface area (Å²) in [6, 6.07) is 0. The lowest BCUT2D eigenvalue weighted by Crippen LogP contribution is -2.32. The molecular formula is C27H40O5. The monoisotopic (exact) mass is 444 g/mol. The van der Waals surface area contributed by atoms with Crippen molar-refractivity contribution in [1.29, 1.82) is 0 Å². The third-order valence-electron chi connectivity index (χ3n) is 7.16. The molecule has 2 N–H and O–H groups in total. The van der Waals surface area contributed by atoms with Crippen molar-refractivity contribution < 1.29 is 24.5 Å². The van der Waals surface area contributed by atoms with Crippen LogP contribution in [0, 0.1) is 17.3 Å². The van der Waals surface area contributed by atoms with Crippen LogP contribution < -0.4 is 0 Å². The van der Waals surface area contributed by atoms with Gasteiger partial charge in [0.05, 0.1) is 0 Å². The van der Waals surface area contributed by atoms with E-state index in [1.165, 1.54) is 18.1 Å². The number of hydrogen-bond donors (Lipinski definition) is 2. The molecule has 0 aliphatic heterocycles. The fraction of sp³-hybridized carbons (Fsp3) is 0.630.